The van der Waals surface area contributed by atoms with Crippen molar-refractivity contribution in [3.63, 3.8) is 0 Å². The van der Waals surface area contributed by atoms with E-state index in [1.165, 1.54) is 12.8 Å². The number of rotatable bonds is 9. The van der Waals surface area contributed by atoms with Crippen LogP contribution in [0, 0.1) is 5.92 Å². The highest BCUT2D eigenvalue weighted by molar-refractivity contribution is 5.78. The van der Waals surface area contributed by atoms with Gasteiger partial charge >= 0.3 is 0 Å². The average molecular weight is 391 g/mol. The molecule has 8 heteroatoms. The van der Waals surface area contributed by atoms with Crippen LogP contribution >= 0.6 is 0 Å². The number of carbonyl (C=O) groups excluding carboxylic acids is 1. The number of ether oxygens (including phenoxy) is 1. The highest BCUT2D eigenvalue weighted by Gasteiger charge is 2.34. The third-order valence-electron chi connectivity index (χ3n) is 5.63. The van der Waals surface area contributed by atoms with Gasteiger partial charge in [0.2, 0.25) is 11.9 Å². The van der Waals surface area contributed by atoms with Crippen LogP contribution in [-0.4, -0.2) is 65.7 Å². The second kappa shape index (κ2) is 10.6. The van der Waals surface area contributed by atoms with Gasteiger partial charge in [-0.2, -0.15) is 4.98 Å². The first-order valence-electron chi connectivity index (χ1n) is 10.6. The summed E-state index contributed by atoms with van der Waals surface area (Å²) >= 11 is 0. The monoisotopic (exact) mass is 390 g/mol. The van der Waals surface area contributed by atoms with E-state index in [0.717, 1.165) is 58.5 Å². The molecule has 1 aromatic heterocycles. The zero-order valence-corrected chi connectivity index (χ0v) is 16.9. The number of likely N-dealkylation sites (tertiary alicyclic amines) is 1. The van der Waals surface area contributed by atoms with E-state index in [2.05, 4.69) is 32.4 Å². The molecule has 1 saturated heterocycles. The molecular weight excluding hydrogens is 356 g/mol. The fourth-order valence-electron chi connectivity index (χ4n) is 4.13. The van der Waals surface area contributed by atoms with Crippen molar-refractivity contribution in [1.29, 1.82) is 0 Å². The van der Waals surface area contributed by atoms with Gasteiger partial charge in [0, 0.05) is 31.8 Å². The van der Waals surface area contributed by atoms with Crippen LogP contribution in [0.2, 0.25) is 0 Å². The van der Waals surface area contributed by atoms with Crippen LogP contribution in [0.3, 0.4) is 0 Å². The Hall–Kier alpha value is -1.93. The minimum Gasteiger partial charge on any atom is -0.376 e. The van der Waals surface area contributed by atoms with Crippen LogP contribution in [0.15, 0.2) is 12.3 Å². The summed E-state index contributed by atoms with van der Waals surface area (Å²) in [6, 6.07) is 1.83. The fourth-order valence-corrected chi connectivity index (χ4v) is 4.13. The average Bonchev–Trinajstić information content (AvgIpc) is 3.20. The number of aromatic nitrogens is 2. The summed E-state index contributed by atoms with van der Waals surface area (Å²) in [5.41, 5.74) is 5.70. The molecular formula is C20H34N6O2. The van der Waals surface area contributed by atoms with E-state index in [9.17, 15) is 4.79 Å². The van der Waals surface area contributed by atoms with Gasteiger partial charge in [-0.05, 0) is 57.7 Å². The Kier molecular flexibility index (Phi) is 7.85. The summed E-state index contributed by atoms with van der Waals surface area (Å²) in [5.74, 6) is 1.07. The van der Waals surface area contributed by atoms with E-state index < -0.39 is 0 Å². The van der Waals surface area contributed by atoms with Gasteiger partial charge in [0.1, 0.15) is 5.82 Å². The Morgan fingerprint density at radius 1 is 1.36 bits per heavy atom. The molecule has 3 rings (SSSR count). The van der Waals surface area contributed by atoms with Crippen molar-refractivity contribution in [2.75, 3.05) is 43.8 Å². The first kappa shape index (κ1) is 20.8. The van der Waals surface area contributed by atoms with Gasteiger partial charge in [-0.15, -0.1) is 0 Å². The highest BCUT2D eigenvalue weighted by Crippen LogP contribution is 2.29. The molecule has 0 radical (unpaired) electrons. The zero-order valence-electron chi connectivity index (χ0n) is 16.9. The first-order chi connectivity index (χ1) is 13.7. The topological polar surface area (TPSA) is 105 Å². The van der Waals surface area contributed by atoms with Gasteiger partial charge in [0.25, 0.3) is 0 Å². The number of nitrogens with zero attached hydrogens (tertiary/aromatic N) is 3. The zero-order chi connectivity index (χ0) is 19.8. The predicted molar refractivity (Wildman–Crippen MR) is 110 cm³/mol. The lowest BCUT2D eigenvalue weighted by molar-refractivity contribution is -0.127. The number of anilines is 2. The molecule has 0 aromatic carbocycles. The maximum absolute atomic E-state index is 12.7. The van der Waals surface area contributed by atoms with Gasteiger partial charge in [0.15, 0.2) is 0 Å². The SMILES string of the molecule is CCCO[C@@H]1CC[C@H](C(=O)NCCN2CCCC2)C[C@H]1Nc1ccnc(N)n1. The lowest BCUT2D eigenvalue weighted by Crippen LogP contribution is -2.46. The van der Waals surface area contributed by atoms with Crippen molar-refractivity contribution in [2.45, 2.75) is 57.6 Å². The number of hydrogen-bond acceptors (Lipinski definition) is 7. The second-order valence-electron chi connectivity index (χ2n) is 7.81. The Morgan fingerprint density at radius 2 is 2.18 bits per heavy atom. The molecule has 0 unspecified atom stereocenters. The smallest absolute Gasteiger partial charge is 0.223 e. The lowest BCUT2D eigenvalue weighted by Gasteiger charge is -2.36. The molecule has 2 heterocycles. The summed E-state index contributed by atoms with van der Waals surface area (Å²) in [7, 11) is 0. The number of nitrogens with one attached hydrogen (secondary N) is 2. The minimum atomic E-state index is -0.00302. The molecule has 2 aliphatic rings. The van der Waals surface area contributed by atoms with Crippen molar-refractivity contribution in [1.82, 2.24) is 20.2 Å². The van der Waals surface area contributed by atoms with Crippen LogP contribution in [0.4, 0.5) is 11.8 Å². The van der Waals surface area contributed by atoms with E-state index in [4.69, 9.17) is 10.5 Å². The molecule has 1 aromatic rings. The number of nitrogen functional groups attached to an aromatic ring is 1. The van der Waals surface area contributed by atoms with Crippen LogP contribution in [0.5, 0.6) is 0 Å². The molecule has 1 saturated carbocycles. The number of amides is 1. The summed E-state index contributed by atoms with van der Waals surface area (Å²) in [4.78, 5) is 23.3. The quantitative estimate of drug-likeness (QED) is 0.589. The van der Waals surface area contributed by atoms with E-state index in [0.29, 0.717) is 5.82 Å². The Bertz CT molecular complexity index is 622. The van der Waals surface area contributed by atoms with Crippen LogP contribution in [-0.2, 0) is 9.53 Å². The second-order valence-corrected chi connectivity index (χ2v) is 7.81. The summed E-state index contributed by atoms with van der Waals surface area (Å²) < 4.78 is 6.05. The van der Waals surface area contributed by atoms with E-state index in [1.54, 1.807) is 12.3 Å². The van der Waals surface area contributed by atoms with Crippen molar-refractivity contribution in [3.05, 3.63) is 12.3 Å². The molecule has 0 spiro atoms. The van der Waals surface area contributed by atoms with Crippen molar-refractivity contribution in [3.8, 4) is 0 Å². The Balaban J connectivity index is 1.54. The van der Waals surface area contributed by atoms with E-state index >= 15 is 0 Å². The van der Waals surface area contributed by atoms with Crippen molar-refractivity contribution < 1.29 is 9.53 Å². The summed E-state index contributed by atoms with van der Waals surface area (Å²) in [6.45, 7) is 6.82. The van der Waals surface area contributed by atoms with Gasteiger partial charge < -0.3 is 26.0 Å². The van der Waals surface area contributed by atoms with E-state index in [-0.39, 0.29) is 29.9 Å². The molecule has 1 amide bonds. The van der Waals surface area contributed by atoms with Gasteiger partial charge in [-0.3, -0.25) is 4.79 Å². The highest BCUT2D eigenvalue weighted by atomic mass is 16.5. The molecule has 8 nitrogen and oxygen atoms in total. The molecule has 3 atom stereocenters. The maximum Gasteiger partial charge on any atom is 0.223 e. The Labute approximate surface area is 167 Å². The van der Waals surface area contributed by atoms with Crippen molar-refractivity contribution in [2.24, 2.45) is 5.92 Å². The van der Waals surface area contributed by atoms with Gasteiger partial charge in [-0.25, -0.2) is 4.98 Å². The summed E-state index contributed by atoms with van der Waals surface area (Å²) in [5, 5.41) is 6.56. The molecule has 0 bridgehead atoms. The number of hydrogen-bond donors (Lipinski definition) is 3. The summed E-state index contributed by atoms with van der Waals surface area (Å²) in [6.07, 6.45) is 7.68. The maximum atomic E-state index is 12.7. The molecule has 4 N–H and O–H groups in total. The molecule has 2 fully saturated rings. The Morgan fingerprint density at radius 3 is 2.93 bits per heavy atom. The van der Waals surface area contributed by atoms with Gasteiger partial charge in [0.05, 0.1) is 12.1 Å². The van der Waals surface area contributed by atoms with E-state index in [1.807, 2.05) is 0 Å². The van der Waals surface area contributed by atoms with Crippen LogP contribution in [0.25, 0.3) is 0 Å². The molecule has 156 valence electrons. The standard InChI is InChI=1S/C20H34N6O2/c1-2-13-28-17-6-5-15(19(27)22-9-12-26-10-3-4-11-26)14-16(17)24-18-7-8-23-20(21)25-18/h7-8,15-17H,2-6,9-14H2,1H3,(H,22,27)(H3,21,23,24,25)/t15-,16+,17+/m0/s1. The first-order valence-corrected chi connectivity index (χ1v) is 10.6. The number of carbonyl (C=O) groups is 1. The third kappa shape index (κ3) is 6.04. The van der Waals surface area contributed by atoms with Crippen LogP contribution in [0.1, 0.15) is 45.4 Å². The molecule has 1 aliphatic carbocycles. The normalized spacial score (nSPS) is 25.5. The van der Waals surface area contributed by atoms with Crippen LogP contribution < -0.4 is 16.4 Å². The predicted octanol–water partition coefficient (Wildman–Crippen LogP) is 1.65. The minimum absolute atomic E-state index is 0.00302. The van der Waals surface area contributed by atoms with Crippen molar-refractivity contribution >= 4 is 17.7 Å². The fraction of sp³-hybridized carbons (Fsp3) is 0.750. The molecule has 28 heavy (non-hydrogen) atoms. The third-order valence-corrected chi connectivity index (χ3v) is 5.63. The number of nitrogens with two attached hydrogens (primary N) is 1. The molecule has 1 aliphatic heterocycles. The lowest BCUT2D eigenvalue weighted by atomic mass is 9.83. The largest absolute Gasteiger partial charge is 0.376 e. The van der Waals surface area contributed by atoms with Gasteiger partial charge in [-0.1, -0.05) is 6.92 Å².